The van der Waals surface area contributed by atoms with Gasteiger partial charge in [-0.3, -0.25) is 4.98 Å². The van der Waals surface area contributed by atoms with Crippen LogP contribution in [-0.2, 0) is 6.54 Å². The van der Waals surface area contributed by atoms with Crippen LogP contribution in [0.25, 0.3) is 0 Å². The van der Waals surface area contributed by atoms with Crippen molar-refractivity contribution >= 4 is 5.69 Å². The van der Waals surface area contributed by atoms with Gasteiger partial charge in [0.15, 0.2) is 0 Å². The molecule has 0 amide bonds. The lowest BCUT2D eigenvalue weighted by Gasteiger charge is -2.31. The highest BCUT2D eigenvalue weighted by Gasteiger charge is 2.26. The van der Waals surface area contributed by atoms with Crippen LogP contribution >= 0.6 is 0 Å². The van der Waals surface area contributed by atoms with Crippen molar-refractivity contribution in [2.45, 2.75) is 66.1 Å². The van der Waals surface area contributed by atoms with Crippen LogP contribution in [0.5, 0.6) is 0 Å². The molecule has 1 saturated carbocycles. The molecule has 0 unspecified atom stereocenters. The minimum atomic E-state index is 0.500. The van der Waals surface area contributed by atoms with E-state index in [0.717, 1.165) is 18.2 Å². The maximum absolute atomic E-state index is 4.49. The molecule has 1 heterocycles. The van der Waals surface area contributed by atoms with Crippen molar-refractivity contribution in [3.05, 3.63) is 23.5 Å². The molecule has 3 nitrogen and oxygen atoms in total. The topological polar surface area (TPSA) is 28.2 Å². The molecule has 2 rings (SSSR count). The van der Waals surface area contributed by atoms with E-state index in [1.165, 1.54) is 30.6 Å². The van der Waals surface area contributed by atoms with Crippen molar-refractivity contribution in [1.82, 2.24) is 10.3 Å². The molecule has 0 atom stereocenters. The Morgan fingerprint density at radius 1 is 1.30 bits per heavy atom. The van der Waals surface area contributed by atoms with E-state index >= 15 is 0 Å². The van der Waals surface area contributed by atoms with Gasteiger partial charge in [0.1, 0.15) is 0 Å². The highest BCUT2D eigenvalue weighted by molar-refractivity contribution is 5.54. The normalized spacial score (nSPS) is 15.2. The zero-order chi connectivity index (χ0) is 14.7. The fourth-order valence-corrected chi connectivity index (χ4v) is 2.46. The van der Waals surface area contributed by atoms with E-state index in [4.69, 9.17) is 0 Å². The molecular weight excluding hydrogens is 246 g/mol. The Kier molecular flexibility index (Phi) is 5.03. The van der Waals surface area contributed by atoms with E-state index < -0.39 is 0 Å². The fraction of sp³-hybridized carbons (Fsp3) is 0.706. The van der Waals surface area contributed by atoms with Crippen LogP contribution in [0.1, 0.15) is 51.8 Å². The summed E-state index contributed by atoms with van der Waals surface area (Å²) in [5.74, 6) is 0.900. The van der Waals surface area contributed by atoms with Gasteiger partial charge in [-0.05, 0) is 45.6 Å². The molecule has 0 spiro atoms. The number of pyridine rings is 1. The number of rotatable bonds is 7. The maximum atomic E-state index is 4.49. The van der Waals surface area contributed by atoms with Gasteiger partial charge < -0.3 is 10.2 Å². The monoisotopic (exact) mass is 275 g/mol. The Labute approximate surface area is 123 Å². The number of anilines is 1. The van der Waals surface area contributed by atoms with E-state index in [-0.39, 0.29) is 0 Å². The summed E-state index contributed by atoms with van der Waals surface area (Å²) < 4.78 is 0. The summed E-state index contributed by atoms with van der Waals surface area (Å²) >= 11 is 0. The van der Waals surface area contributed by atoms with Crippen molar-refractivity contribution in [3.63, 3.8) is 0 Å². The van der Waals surface area contributed by atoms with Gasteiger partial charge in [-0.15, -0.1) is 0 Å². The minimum Gasteiger partial charge on any atom is -0.368 e. The third-order valence-corrected chi connectivity index (χ3v) is 3.88. The summed E-state index contributed by atoms with van der Waals surface area (Å²) in [5.41, 5.74) is 3.79. The quantitative estimate of drug-likeness (QED) is 0.825. The average molecular weight is 275 g/mol. The summed E-state index contributed by atoms with van der Waals surface area (Å²) in [6, 6.07) is 3.29. The fourth-order valence-electron chi connectivity index (χ4n) is 2.46. The second-order valence-electron chi connectivity index (χ2n) is 6.68. The van der Waals surface area contributed by atoms with Crippen LogP contribution in [0, 0.1) is 12.8 Å². The number of nitrogens with one attached hydrogen (secondary N) is 1. The average Bonchev–Trinajstić information content (AvgIpc) is 3.18. The van der Waals surface area contributed by atoms with Gasteiger partial charge in [0.25, 0.3) is 0 Å². The number of hydrogen-bond acceptors (Lipinski definition) is 3. The van der Waals surface area contributed by atoms with E-state index in [9.17, 15) is 0 Å². The van der Waals surface area contributed by atoms with E-state index in [1.54, 1.807) is 0 Å². The summed E-state index contributed by atoms with van der Waals surface area (Å²) in [5, 5.41) is 3.52. The zero-order valence-electron chi connectivity index (χ0n) is 13.6. The number of aromatic nitrogens is 1. The minimum absolute atomic E-state index is 0.500. The third-order valence-electron chi connectivity index (χ3n) is 3.88. The van der Waals surface area contributed by atoms with Gasteiger partial charge in [0.2, 0.25) is 0 Å². The molecule has 0 radical (unpaired) electrons. The lowest BCUT2D eigenvalue weighted by Crippen LogP contribution is -2.34. The van der Waals surface area contributed by atoms with Crippen LogP contribution in [0.3, 0.4) is 0 Å². The van der Waals surface area contributed by atoms with E-state index in [1.807, 2.05) is 6.20 Å². The SMILES string of the molecule is Cc1cc(N(CC2CC2)C(C)C)c(CNC(C)C)cn1. The Bertz CT molecular complexity index is 436. The van der Waals surface area contributed by atoms with Gasteiger partial charge in [-0.1, -0.05) is 13.8 Å². The molecule has 1 N–H and O–H groups in total. The Morgan fingerprint density at radius 3 is 2.55 bits per heavy atom. The van der Waals surface area contributed by atoms with E-state index in [0.29, 0.717) is 12.1 Å². The van der Waals surface area contributed by atoms with Crippen molar-refractivity contribution in [1.29, 1.82) is 0 Å². The molecule has 0 saturated heterocycles. The molecule has 112 valence electrons. The molecule has 20 heavy (non-hydrogen) atoms. The Hall–Kier alpha value is -1.09. The molecule has 1 aromatic rings. The summed E-state index contributed by atoms with van der Waals surface area (Å²) in [6.45, 7) is 13.1. The highest BCUT2D eigenvalue weighted by Crippen LogP contribution is 2.33. The zero-order valence-corrected chi connectivity index (χ0v) is 13.6. The summed E-state index contributed by atoms with van der Waals surface area (Å²) in [7, 11) is 0. The molecule has 0 bridgehead atoms. The molecular formula is C17H29N3. The summed E-state index contributed by atoms with van der Waals surface area (Å²) in [4.78, 5) is 7.05. The van der Waals surface area contributed by atoms with Crippen LogP contribution in [-0.4, -0.2) is 23.6 Å². The number of hydrogen-bond donors (Lipinski definition) is 1. The smallest absolute Gasteiger partial charge is 0.0447 e. The van der Waals surface area contributed by atoms with Crippen LogP contribution in [0.4, 0.5) is 5.69 Å². The molecule has 3 heteroatoms. The molecule has 1 aromatic heterocycles. The largest absolute Gasteiger partial charge is 0.368 e. The first-order chi connectivity index (χ1) is 9.47. The lowest BCUT2D eigenvalue weighted by molar-refractivity contribution is 0.581. The predicted molar refractivity (Wildman–Crippen MR) is 86.2 cm³/mol. The van der Waals surface area contributed by atoms with Crippen molar-refractivity contribution in [2.75, 3.05) is 11.4 Å². The van der Waals surface area contributed by atoms with Gasteiger partial charge >= 0.3 is 0 Å². The lowest BCUT2D eigenvalue weighted by atomic mass is 10.1. The first-order valence-corrected chi connectivity index (χ1v) is 7.93. The van der Waals surface area contributed by atoms with Crippen LogP contribution in [0.2, 0.25) is 0 Å². The molecule has 0 aromatic carbocycles. The predicted octanol–water partition coefficient (Wildman–Crippen LogP) is 3.51. The summed E-state index contributed by atoms with van der Waals surface area (Å²) in [6.07, 6.45) is 4.84. The van der Waals surface area contributed by atoms with Gasteiger partial charge in [-0.2, -0.15) is 0 Å². The Morgan fingerprint density at radius 2 is 2.00 bits per heavy atom. The second-order valence-corrected chi connectivity index (χ2v) is 6.68. The van der Waals surface area contributed by atoms with Crippen molar-refractivity contribution in [3.8, 4) is 0 Å². The Balaban J connectivity index is 2.22. The molecule has 1 fully saturated rings. The number of aryl methyl sites for hydroxylation is 1. The molecule has 0 aliphatic heterocycles. The molecule has 1 aliphatic rings. The third kappa shape index (κ3) is 4.20. The standard InChI is InChI=1S/C17H29N3/c1-12(2)18-9-16-10-19-14(5)8-17(16)20(13(3)4)11-15-6-7-15/h8,10,12-13,15,18H,6-7,9,11H2,1-5H3. The van der Waals surface area contributed by atoms with Crippen LogP contribution in [0.15, 0.2) is 12.3 Å². The highest BCUT2D eigenvalue weighted by atomic mass is 15.2. The van der Waals surface area contributed by atoms with Crippen molar-refractivity contribution < 1.29 is 0 Å². The molecule has 1 aliphatic carbocycles. The van der Waals surface area contributed by atoms with Gasteiger partial charge in [0, 0.05) is 48.3 Å². The van der Waals surface area contributed by atoms with Crippen LogP contribution < -0.4 is 10.2 Å². The maximum Gasteiger partial charge on any atom is 0.0447 e. The van der Waals surface area contributed by atoms with E-state index in [2.05, 4.69) is 55.9 Å². The first-order valence-electron chi connectivity index (χ1n) is 7.93. The first kappa shape index (κ1) is 15.3. The second kappa shape index (κ2) is 6.57. The van der Waals surface area contributed by atoms with Crippen molar-refractivity contribution in [2.24, 2.45) is 5.92 Å². The van der Waals surface area contributed by atoms with Gasteiger partial charge in [-0.25, -0.2) is 0 Å². The van der Waals surface area contributed by atoms with Gasteiger partial charge in [0.05, 0.1) is 0 Å². The number of nitrogens with zero attached hydrogens (tertiary/aromatic N) is 2.